The van der Waals surface area contributed by atoms with Crippen LogP contribution >= 0.6 is 31.9 Å². The molecule has 1 aliphatic rings. The van der Waals surface area contributed by atoms with Gasteiger partial charge in [-0.3, -0.25) is 4.21 Å². The molecule has 1 aliphatic heterocycles. The van der Waals surface area contributed by atoms with Crippen molar-refractivity contribution in [2.24, 2.45) is 0 Å². The van der Waals surface area contributed by atoms with Crippen molar-refractivity contribution in [1.29, 1.82) is 0 Å². The summed E-state index contributed by atoms with van der Waals surface area (Å²) < 4.78 is 13.4. The van der Waals surface area contributed by atoms with Crippen LogP contribution in [0.1, 0.15) is 18.4 Å². The van der Waals surface area contributed by atoms with Crippen molar-refractivity contribution < 1.29 is 4.21 Å². The van der Waals surface area contributed by atoms with Crippen LogP contribution in [0, 0.1) is 0 Å². The summed E-state index contributed by atoms with van der Waals surface area (Å²) in [6, 6.07) is 6.81. The minimum Gasteiger partial charge on any atom is -0.310 e. The fourth-order valence-electron chi connectivity index (χ4n) is 1.91. The molecule has 1 saturated heterocycles. The topological polar surface area (TPSA) is 29.1 Å². The summed E-state index contributed by atoms with van der Waals surface area (Å²) in [6.07, 6.45) is 2.06. The van der Waals surface area contributed by atoms with Crippen molar-refractivity contribution in [3.63, 3.8) is 0 Å². The molecule has 1 N–H and O–H groups in total. The molecule has 17 heavy (non-hydrogen) atoms. The lowest BCUT2D eigenvalue weighted by Gasteiger charge is -2.22. The zero-order valence-electron chi connectivity index (χ0n) is 9.42. The van der Waals surface area contributed by atoms with Gasteiger partial charge in [-0.25, -0.2) is 0 Å². The summed E-state index contributed by atoms with van der Waals surface area (Å²) in [5.74, 6) is 1.70. The van der Waals surface area contributed by atoms with E-state index in [2.05, 4.69) is 55.4 Å². The van der Waals surface area contributed by atoms with Gasteiger partial charge < -0.3 is 5.32 Å². The molecule has 0 radical (unpaired) electrons. The zero-order valence-corrected chi connectivity index (χ0v) is 13.4. The van der Waals surface area contributed by atoms with E-state index >= 15 is 0 Å². The van der Waals surface area contributed by atoms with Gasteiger partial charge in [0.2, 0.25) is 0 Å². The maximum absolute atomic E-state index is 11.2. The molecule has 0 atom stereocenters. The molecule has 2 rings (SSSR count). The number of nitrogens with one attached hydrogen (secondary N) is 1. The van der Waals surface area contributed by atoms with Gasteiger partial charge in [-0.2, -0.15) is 0 Å². The van der Waals surface area contributed by atoms with E-state index in [1.54, 1.807) is 0 Å². The van der Waals surface area contributed by atoms with Crippen LogP contribution in [0.15, 0.2) is 27.1 Å². The number of hydrogen-bond acceptors (Lipinski definition) is 2. The Morgan fingerprint density at radius 1 is 1.24 bits per heavy atom. The van der Waals surface area contributed by atoms with Crippen LogP contribution < -0.4 is 5.32 Å². The molecule has 5 heteroatoms. The van der Waals surface area contributed by atoms with Crippen LogP contribution in [0.4, 0.5) is 0 Å². The van der Waals surface area contributed by atoms with Gasteiger partial charge in [-0.05, 0) is 62.4 Å². The van der Waals surface area contributed by atoms with Gasteiger partial charge in [-0.15, -0.1) is 0 Å². The summed E-state index contributed by atoms with van der Waals surface area (Å²) in [7, 11) is -0.569. The highest BCUT2D eigenvalue weighted by Gasteiger charge is 2.16. The molecule has 0 saturated carbocycles. The average molecular weight is 381 g/mol. The monoisotopic (exact) mass is 379 g/mol. The van der Waals surface area contributed by atoms with Crippen molar-refractivity contribution in [3.8, 4) is 0 Å². The van der Waals surface area contributed by atoms with Gasteiger partial charge in [0.1, 0.15) is 0 Å². The standard InChI is InChI=1S/C12H15Br2NOS/c13-11-2-1-9(7-12(11)14)8-15-10-3-5-17(16)6-4-10/h1-2,7,10,15H,3-6,8H2. The van der Waals surface area contributed by atoms with Crippen LogP contribution in [-0.4, -0.2) is 21.8 Å². The Morgan fingerprint density at radius 2 is 1.94 bits per heavy atom. The molecule has 1 heterocycles. The van der Waals surface area contributed by atoms with Gasteiger partial charge >= 0.3 is 0 Å². The van der Waals surface area contributed by atoms with Gasteiger partial charge in [-0.1, -0.05) is 6.07 Å². The smallest absolute Gasteiger partial charge is 0.0320 e. The van der Waals surface area contributed by atoms with E-state index in [9.17, 15) is 4.21 Å². The van der Waals surface area contributed by atoms with E-state index in [0.717, 1.165) is 39.8 Å². The van der Waals surface area contributed by atoms with E-state index in [-0.39, 0.29) is 0 Å². The molecule has 0 spiro atoms. The van der Waals surface area contributed by atoms with Crippen LogP contribution in [-0.2, 0) is 17.3 Å². The molecule has 1 aromatic rings. The lowest BCUT2D eigenvalue weighted by Crippen LogP contribution is -2.35. The molecule has 94 valence electrons. The summed E-state index contributed by atoms with van der Waals surface area (Å²) in [5, 5.41) is 3.53. The van der Waals surface area contributed by atoms with Crippen LogP contribution in [0.2, 0.25) is 0 Å². The van der Waals surface area contributed by atoms with Crippen molar-refractivity contribution in [2.75, 3.05) is 11.5 Å². The number of halogens is 2. The third kappa shape index (κ3) is 4.16. The Hall–Kier alpha value is 0.290. The van der Waals surface area contributed by atoms with E-state index in [1.807, 2.05) is 0 Å². The molecule has 2 nitrogen and oxygen atoms in total. The second-order valence-electron chi connectivity index (χ2n) is 4.25. The van der Waals surface area contributed by atoms with Crippen LogP contribution in [0.3, 0.4) is 0 Å². The molecule has 0 unspecified atom stereocenters. The number of benzene rings is 1. The predicted molar refractivity (Wildman–Crippen MR) is 79.6 cm³/mol. The normalized spacial score (nSPS) is 24.8. The average Bonchev–Trinajstić information content (AvgIpc) is 2.33. The third-order valence-corrected chi connectivity index (χ3v) is 6.23. The van der Waals surface area contributed by atoms with Crippen molar-refractivity contribution in [3.05, 3.63) is 32.7 Å². The molecule has 1 aromatic carbocycles. The van der Waals surface area contributed by atoms with E-state index in [4.69, 9.17) is 0 Å². The highest BCUT2D eigenvalue weighted by Crippen LogP contribution is 2.23. The van der Waals surface area contributed by atoms with Crippen molar-refractivity contribution >= 4 is 42.7 Å². The van der Waals surface area contributed by atoms with Gasteiger partial charge in [0.15, 0.2) is 0 Å². The lowest BCUT2D eigenvalue weighted by atomic mass is 10.1. The maximum atomic E-state index is 11.2. The maximum Gasteiger partial charge on any atom is 0.0320 e. The fourth-order valence-corrected chi connectivity index (χ4v) is 3.88. The van der Waals surface area contributed by atoms with Gasteiger partial charge in [0.25, 0.3) is 0 Å². The molecule has 1 fully saturated rings. The fraction of sp³-hybridized carbons (Fsp3) is 0.500. The van der Waals surface area contributed by atoms with Crippen molar-refractivity contribution in [1.82, 2.24) is 5.32 Å². The molecule has 0 aliphatic carbocycles. The zero-order chi connectivity index (χ0) is 12.3. The highest BCUT2D eigenvalue weighted by atomic mass is 79.9. The number of hydrogen-bond donors (Lipinski definition) is 1. The van der Waals surface area contributed by atoms with Crippen molar-refractivity contribution in [2.45, 2.75) is 25.4 Å². The highest BCUT2D eigenvalue weighted by molar-refractivity contribution is 9.13. The quantitative estimate of drug-likeness (QED) is 0.872. The van der Waals surface area contributed by atoms with Gasteiger partial charge in [0, 0.05) is 43.8 Å². The first-order valence-corrected chi connectivity index (χ1v) is 8.75. The Morgan fingerprint density at radius 3 is 2.59 bits per heavy atom. The minimum absolute atomic E-state index is 0.523. The molecule has 0 amide bonds. The lowest BCUT2D eigenvalue weighted by molar-refractivity contribution is 0.475. The predicted octanol–water partition coefficient (Wildman–Crippen LogP) is 3.21. The van der Waals surface area contributed by atoms with Gasteiger partial charge in [0.05, 0.1) is 0 Å². The second kappa shape index (κ2) is 6.45. The molecule has 0 bridgehead atoms. The van der Waals surface area contributed by atoms with E-state index < -0.39 is 10.8 Å². The molecular weight excluding hydrogens is 366 g/mol. The Balaban J connectivity index is 1.85. The summed E-state index contributed by atoms with van der Waals surface area (Å²) in [6.45, 7) is 0.878. The third-order valence-electron chi connectivity index (χ3n) is 2.97. The van der Waals surface area contributed by atoms with Crippen LogP contribution in [0.25, 0.3) is 0 Å². The molecular formula is C12H15Br2NOS. The minimum atomic E-state index is -0.569. The van der Waals surface area contributed by atoms with E-state index in [0.29, 0.717) is 6.04 Å². The first kappa shape index (κ1) is 13.7. The Bertz CT molecular complexity index is 415. The summed E-state index contributed by atoms with van der Waals surface area (Å²) in [5.41, 5.74) is 1.27. The summed E-state index contributed by atoms with van der Waals surface area (Å²) in [4.78, 5) is 0. The SMILES string of the molecule is O=S1CCC(NCc2ccc(Br)c(Br)c2)CC1. The Labute approximate surface area is 121 Å². The number of rotatable bonds is 3. The Kier molecular flexibility index (Phi) is 5.21. The second-order valence-corrected chi connectivity index (χ2v) is 7.66. The summed E-state index contributed by atoms with van der Waals surface area (Å²) >= 11 is 6.97. The first-order valence-electron chi connectivity index (χ1n) is 5.67. The van der Waals surface area contributed by atoms with Crippen LogP contribution in [0.5, 0.6) is 0 Å². The van der Waals surface area contributed by atoms with E-state index in [1.165, 1.54) is 5.56 Å². The molecule has 0 aromatic heterocycles. The largest absolute Gasteiger partial charge is 0.310 e. The first-order chi connectivity index (χ1) is 8.15.